The van der Waals surface area contributed by atoms with E-state index >= 15 is 0 Å². The third-order valence-corrected chi connectivity index (χ3v) is 4.79. The maximum atomic E-state index is 12.1. The van der Waals surface area contributed by atoms with Crippen molar-refractivity contribution in [3.8, 4) is 0 Å². The van der Waals surface area contributed by atoms with Gasteiger partial charge in [-0.3, -0.25) is 4.79 Å². The van der Waals surface area contributed by atoms with E-state index in [0.717, 1.165) is 21.0 Å². The van der Waals surface area contributed by atoms with Gasteiger partial charge in [-0.2, -0.15) is 0 Å². The molecule has 0 bridgehead atoms. The van der Waals surface area contributed by atoms with E-state index in [1.165, 1.54) is 11.8 Å². The second-order valence-corrected chi connectivity index (χ2v) is 6.92. The smallest absolute Gasteiger partial charge is 0.230 e. The van der Waals surface area contributed by atoms with Crippen molar-refractivity contribution in [2.24, 2.45) is 0 Å². The molecule has 0 spiro atoms. The average Bonchev–Trinajstić information content (AvgIpc) is 2.87. The van der Waals surface area contributed by atoms with Crippen LogP contribution in [0, 0.1) is 6.92 Å². The molecule has 5 nitrogen and oxygen atoms in total. The second kappa shape index (κ2) is 8.31. The lowest BCUT2D eigenvalue weighted by Gasteiger charge is -2.14. The summed E-state index contributed by atoms with van der Waals surface area (Å²) in [6.07, 6.45) is 1.79. The highest BCUT2D eigenvalue weighted by Gasteiger charge is 2.13. The first-order chi connectivity index (χ1) is 11.0. The molecule has 2 rings (SSSR count). The molecule has 0 aliphatic rings. The lowest BCUT2D eigenvalue weighted by molar-refractivity contribution is -0.119. The highest BCUT2D eigenvalue weighted by Crippen LogP contribution is 2.19. The number of allylic oxidation sites excluding steroid dienone is 1. The van der Waals surface area contributed by atoms with Gasteiger partial charge in [-0.15, -0.1) is 16.8 Å². The van der Waals surface area contributed by atoms with Gasteiger partial charge >= 0.3 is 0 Å². The van der Waals surface area contributed by atoms with Gasteiger partial charge in [0, 0.05) is 11.0 Å². The number of aryl methyl sites for hydroxylation is 1. The number of halogens is 1. The van der Waals surface area contributed by atoms with Crippen molar-refractivity contribution in [2.45, 2.75) is 31.6 Å². The van der Waals surface area contributed by atoms with Gasteiger partial charge in [0.2, 0.25) is 5.91 Å². The largest absolute Gasteiger partial charge is 0.349 e. The Kier molecular flexibility index (Phi) is 6.41. The summed E-state index contributed by atoms with van der Waals surface area (Å²) in [5.41, 5.74) is 1.07. The predicted molar refractivity (Wildman–Crippen MR) is 96.4 cm³/mol. The predicted octanol–water partition coefficient (Wildman–Crippen LogP) is 3.50. The molecule has 1 atom stereocenters. The zero-order chi connectivity index (χ0) is 16.8. The number of carbonyl (C=O) groups is 1. The molecule has 0 aliphatic carbocycles. The summed E-state index contributed by atoms with van der Waals surface area (Å²) in [6.45, 7) is 8.21. The van der Waals surface area contributed by atoms with Crippen LogP contribution in [-0.2, 0) is 11.3 Å². The molecule has 0 radical (unpaired) electrons. The molecule has 7 heteroatoms. The molecular formula is C16H19BrN4OS. The highest BCUT2D eigenvalue weighted by molar-refractivity contribution is 9.10. The lowest BCUT2D eigenvalue weighted by Crippen LogP contribution is -2.28. The number of nitrogens with zero attached hydrogens (tertiary/aromatic N) is 3. The minimum absolute atomic E-state index is 0.0313. The maximum Gasteiger partial charge on any atom is 0.230 e. The number of hydrogen-bond donors (Lipinski definition) is 1. The van der Waals surface area contributed by atoms with Gasteiger partial charge < -0.3 is 9.88 Å². The van der Waals surface area contributed by atoms with Crippen LogP contribution in [0.25, 0.3) is 0 Å². The first-order valence-electron chi connectivity index (χ1n) is 7.19. The summed E-state index contributed by atoms with van der Waals surface area (Å²) < 4.78 is 2.95. The van der Waals surface area contributed by atoms with Gasteiger partial charge in [0.25, 0.3) is 0 Å². The van der Waals surface area contributed by atoms with E-state index in [4.69, 9.17) is 0 Å². The van der Waals surface area contributed by atoms with E-state index in [1.807, 2.05) is 42.7 Å². The van der Waals surface area contributed by atoms with Crippen molar-refractivity contribution >= 4 is 33.6 Å². The SMILES string of the molecule is C=CCn1c(C)nnc1SCC(=O)N[C@@H](C)c1ccc(Br)cc1. The summed E-state index contributed by atoms with van der Waals surface area (Å²) in [6, 6.07) is 7.88. The quantitative estimate of drug-likeness (QED) is 0.576. The number of carbonyl (C=O) groups excluding carboxylic acids is 1. The Morgan fingerprint density at radius 2 is 2.13 bits per heavy atom. The Bertz CT molecular complexity index is 684. The van der Waals surface area contributed by atoms with Crippen molar-refractivity contribution in [2.75, 3.05) is 5.75 Å². The van der Waals surface area contributed by atoms with Crippen molar-refractivity contribution in [1.29, 1.82) is 0 Å². The fourth-order valence-electron chi connectivity index (χ4n) is 2.06. The van der Waals surface area contributed by atoms with Crippen LogP contribution in [0.15, 0.2) is 46.5 Å². The van der Waals surface area contributed by atoms with Crippen LogP contribution in [0.2, 0.25) is 0 Å². The Balaban J connectivity index is 1.90. The summed E-state index contributed by atoms with van der Waals surface area (Å²) in [4.78, 5) is 12.1. The molecule has 122 valence electrons. The molecule has 1 N–H and O–H groups in total. The van der Waals surface area contributed by atoms with Crippen LogP contribution >= 0.6 is 27.7 Å². The number of benzene rings is 1. The van der Waals surface area contributed by atoms with Crippen LogP contribution in [0.5, 0.6) is 0 Å². The summed E-state index contributed by atoms with van der Waals surface area (Å²) in [7, 11) is 0. The number of amides is 1. The second-order valence-electron chi connectivity index (χ2n) is 5.06. The molecule has 2 aromatic rings. The third kappa shape index (κ3) is 4.94. The van der Waals surface area contributed by atoms with Gasteiger partial charge in [0.15, 0.2) is 5.16 Å². The van der Waals surface area contributed by atoms with E-state index in [1.54, 1.807) is 6.08 Å². The van der Waals surface area contributed by atoms with Gasteiger partial charge in [-0.25, -0.2) is 0 Å². The summed E-state index contributed by atoms with van der Waals surface area (Å²) in [5, 5.41) is 11.9. The minimum atomic E-state index is -0.0380. The number of thioether (sulfide) groups is 1. The Labute approximate surface area is 148 Å². The van der Waals surface area contributed by atoms with Gasteiger partial charge in [0.1, 0.15) is 5.82 Å². The van der Waals surface area contributed by atoms with Crippen LogP contribution < -0.4 is 5.32 Å². The number of hydrogen-bond acceptors (Lipinski definition) is 4. The molecule has 0 unspecified atom stereocenters. The van der Waals surface area contributed by atoms with Gasteiger partial charge in [-0.05, 0) is 31.5 Å². The molecule has 0 fully saturated rings. The number of nitrogens with one attached hydrogen (secondary N) is 1. The van der Waals surface area contributed by atoms with Crippen LogP contribution in [0.3, 0.4) is 0 Å². The highest BCUT2D eigenvalue weighted by atomic mass is 79.9. The molecule has 0 saturated heterocycles. The Morgan fingerprint density at radius 3 is 2.78 bits per heavy atom. The van der Waals surface area contributed by atoms with E-state index < -0.39 is 0 Å². The number of aromatic nitrogens is 3. The summed E-state index contributed by atoms with van der Waals surface area (Å²) >= 11 is 4.78. The molecule has 0 saturated carbocycles. The normalized spacial score (nSPS) is 12.0. The zero-order valence-corrected chi connectivity index (χ0v) is 15.5. The van der Waals surface area contributed by atoms with E-state index in [2.05, 4.69) is 38.0 Å². The third-order valence-electron chi connectivity index (χ3n) is 3.29. The monoisotopic (exact) mass is 394 g/mol. The van der Waals surface area contributed by atoms with Crippen molar-refractivity contribution in [3.05, 3.63) is 52.8 Å². The average molecular weight is 395 g/mol. The molecule has 0 aliphatic heterocycles. The van der Waals surface area contributed by atoms with Crippen LogP contribution in [0.4, 0.5) is 0 Å². The van der Waals surface area contributed by atoms with Crippen molar-refractivity contribution in [3.63, 3.8) is 0 Å². The van der Waals surface area contributed by atoms with Crippen molar-refractivity contribution in [1.82, 2.24) is 20.1 Å². The fourth-order valence-corrected chi connectivity index (χ4v) is 3.12. The molecule has 23 heavy (non-hydrogen) atoms. The van der Waals surface area contributed by atoms with Crippen molar-refractivity contribution < 1.29 is 4.79 Å². The van der Waals surface area contributed by atoms with E-state index in [0.29, 0.717) is 12.3 Å². The Morgan fingerprint density at radius 1 is 1.43 bits per heavy atom. The van der Waals surface area contributed by atoms with Crippen LogP contribution in [0.1, 0.15) is 24.4 Å². The maximum absolute atomic E-state index is 12.1. The lowest BCUT2D eigenvalue weighted by atomic mass is 10.1. The van der Waals surface area contributed by atoms with Gasteiger partial charge in [0.05, 0.1) is 11.8 Å². The first kappa shape index (κ1) is 17.7. The molecular weight excluding hydrogens is 376 g/mol. The molecule has 1 aromatic carbocycles. The Hall–Kier alpha value is -1.60. The number of rotatable bonds is 7. The minimum Gasteiger partial charge on any atom is -0.349 e. The molecule has 1 heterocycles. The topological polar surface area (TPSA) is 59.8 Å². The summed E-state index contributed by atoms with van der Waals surface area (Å²) in [5.74, 6) is 1.09. The standard InChI is InChI=1S/C16H19BrN4OS/c1-4-9-21-12(3)19-20-16(21)23-10-15(22)18-11(2)13-5-7-14(17)8-6-13/h4-8,11H,1,9-10H2,2-3H3,(H,18,22)/t11-/m0/s1. The molecule has 1 amide bonds. The molecule has 1 aromatic heterocycles. The fraction of sp³-hybridized carbons (Fsp3) is 0.312. The van der Waals surface area contributed by atoms with Crippen LogP contribution in [-0.4, -0.2) is 26.4 Å². The van der Waals surface area contributed by atoms with Gasteiger partial charge in [-0.1, -0.05) is 45.9 Å². The zero-order valence-electron chi connectivity index (χ0n) is 13.1. The van der Waals surface area contributed by atoms with E-state index in [-0.39, 0.29) is 11.9 Å². The van der Waals surface area contributed by atoms with E-state index in [9.17, 15) is 4.79 Å². The first-order valence-corrected chi connectivity index (χ1v) is 8.97.